The van der Waals surface area contributed by atoms with Crippen LogP contribution in [-0.2, 0) is 16.0 Å². The van der Waals surface area contributed by atoms with E-state index < -0.39 is 6.09 Å². The lowest BCUT2D eigenvalue weighted by Gasteiger charge is -2.23. The Morgan fingerprint density at radius 1 is 1.30 bits per heavy atom. The molecule has 1 fully saturated rings. The third-order valence-corrected chi connectivity index (χ3v) is 5.06. The van der Waals surface area contributed by atoms with Crippen molar-refractivity contribution >= 4 is 27.9 Å². The number of unbranched alkanes of at least 4 members (excludes halogenated alkanes) is 1. The van der Waals surface area contributed by atoms with E-state index in [0.29, 0.717) is 19.4 Å². The van der Waals surface area contributed by atoms with Crippen LogP contribution in [0.4, 0.5) is 4.79 Å². The minimum Gasteiger partial charge on any atom is -0.449 e. The molecule has 1 aromatic rings. The van der Waals surface area contributed by atoms with Gasteiger partial charge < -0.3 is 4.74 Å². The number of amides is 2. The van der Waals surface area contributed by atoms with Crippen molar-refractivity contribution in [2.24, 2.45) is 0 Å². The molecule has 5 heteroatoms. The molecule has 146 valence electrons. The van der Waals surface area contributed by atoms with Crippen LogP contribution in [0, 0.1) is 0 Å². The van der Waals surface area contributed by atoms with Gasteiger partial charge in [-0.15, -0.1) is 0 Å². The maximum absolute atomic E-state index is 12.4. The molecule has 0 aliphatic carbocycles. The summed E-state index contributed by atoms with van der Waals surface area (Å²) < 4.78 is 6.35. The summed E-state index contributed by atoms with van der Waals surface area (Å²) in [4.78, 5) is 26.0. The highest BCUT2D eigenvalue weighted by Crippen LogP contribution is 2.27. The van der Waals surface area contributed by atoms with Gasteiger partial charge in [0.2, 0.25) is 5.91 Å². The Morgan fingerprint density at radius 2 is 2.04 bits per heavy atom. The van der Waals surface area contributed by atoms with Crippen molar-refractivity contribution in [2.45, 2.75) is 58.4 Å². The summed E-state index contributed by atoms with van der Waals surface area (Å²) >= 11 is 3.44. The fourth-order valence-electron chi connectivity index (χ4n) is 3.10. The van der Waals surface area contributed by atoms with Gasteiger partial charge in [-0.1, -0.05) is 66.6 Å². The second-order valence-corrected chi connectivity index (χ2v) is 7.55. The maximum Gasteiger partial charge on any atom is 0.417 e. The number of benzene rings is 1. The summed E-state index contributed by atoms with van der Waals surface area (Å²) in [6.07, 6.45) is 10.2. The van der Waals surface area contributed by atoms with Gasteiger partial charge in [0.1, 0.15) is 0 Å². The van der Waals surface area contributed by atoms with E-state index in [4.69, 9.17) is 4.74 Å². The number of ether oxygens (including phenoxy) is 1. The minimum atomic E-state index is -0.515. The van der Waals surface area contributed by atoms with Gasteiger partial charge in [0, 0.05) is 10.9 Å². The lowest BCUT2D eigenvalue weighted by molar-refractivity contribution is -0.126. The van der Waals surface area contributed by atoms with Crippen LogP contribution in [0.5, 0.6) is 0 Å². The van der Waals surface area contributed by atoms with Crippen LogP contribution in [0.3, 0.4) is 0 Å². The average molecular weight is 434 g/mol. The molecular weight excluding hydrogens is 406 g/mol. The van der Waals surface area contributed by atoms with E-state index in [0.717, 1.165) is 35.7 Å². The Morgan fingerprint density at radius 3 is 2.70 bits per heavy atom. The molecule has 4 nitrogen and oxygen atoms in total. The first kappa shape index (κ1) is 21.4. The molecule has 0 aromatic heterocycles. The van der Waals surface area contributed by atoms with E-state index in [2.05, 4.69) is 47.1 Å². The van der Waals surface area contributed by atoms with Crippen molar-refractivity contribution in [3.8, 4) is 0 Å². The molecule has 1 aromatic carbocycles. The Kier molecular flexibility index (Phi) is 8.79. The van der Waals surface area contributed by atoms with E-state index >= 15 is 0 Å². The zero-order chi connectivity index (χ0) is 19.6. The van der Waals surface area contributed by atoms with Gasteiger partial charge in [0.05, 0.1) is 12.6 Å². The highest BCUT2D eigenvalue weighted by atomic mass is 79.9. The largest absolute Gasteiger partial charge is 0.449 e. The highest BCUT2D eigenvalue weighted by molar-refractivity contribution is 9.10. The highest BCUT2D eigenvalue weighted by Gasteiger charge is 2.38. The number of likely N-dealkylation sites (tertiary alicyclic amines) is 1. The smallest absolute Gasteiger partial charge is 0.417 e. The topological polar surface area (TPSA) is 46.6 Å². The third-order valence-electron chi connectivity index (χ3n) is 4.53. The fraction of sp³-hybridized carbons (Fsp3) is 0.455. The monoisotopic (exact) mass is 433 g/mol. The van der Waals surface area contributed by atoms with Crippen molar-refractivity contribution in [2.75, 3.05) is 6.61 Å². The van der Waals surface area contributed by atoms with Crippen molar-refractivity contribution in [1.29, 1.82) is 0 Å². The second-order valence-electron chi connectivity index (χ2n) is 6.63. The molecule has 0 radical (unpaired) electrons. The van der Waals surface area contributed by atoms with E-state index in [1.165, 1.54) is 10.5 Å². The maximum atomic E-state index is 12.4. The van der Waals surface area contributed by atoms with Crippen LogP contribution in [0.15, 0.2) is 52.5 Å². The molecule has 1 saturated heterocycles. The number of carbonyl (C=O) groups is 2. The Labute approximate surface area is 170 Å². The first-order valence-electron chi connectivity index (χ1n) is 9.66. The fourth-order valence-corrected chi connectivity index (χ4v) is 3.37. The third kappa shape index (κ3) is 6.35. The number of imide groups is 1. The molecule has 0 saturated carbocycles. The van der Waals surface area contributed by atoms with Gasteiger partial charge in [-0.2, -0.15) is 0 Å². The number of nitrogens with zero attached hydrogens (tertiary/aromatic N) is 1. The van der Waals surface area contributed by atoms with Crippen molar-refractivity contribution < 1.29 is 14.3 Å². The lowest BCUT2D eigenvalue weighted by Crippen LogP contribution is -2.40. The first-order valence-corrected chi connectivity index (χ1v) is 10.5. The molecule has 0 N–H and O–H groups in total. The summed E-state index contributed by atoms with van der Waals surface area (Å²) in [5.41, 5.74) is 2.22. The SMILES string of the molecule is CC/C=C(\C=C/Cc1ccc(Br)cc1)C1CCC(=O)N1C(=O)OCCCC. The zero-order valence-electron chi connectivity index (χ0n) is 16.1. The second kappa shape index (κ2) is 11.1. The van der Waals surface area contributed by atoms with Crippen molar-refractivity contribution in [3.05, 3.63) is 58.1 Å². The molecule has 0 spiro atoms. The summed E-state index contributed by atoms with van der Waals surface area (Å²) in [5.74, 6) is -0.148. The van der Waals surface area contributed by atoms with E-state index in [1.807, 2.05) is 25.1 Å². The molecule has 1 atom stereocenters. The lowest BCUT2D eigenvalue weighted by atomic mass is 10.0. The molecule has 2 rings (SSSR count). The standard InChI is InChI=1S/C22H28BrNO3/c1-3-5-16-27-22(26)24-20(14-15-21(24)25)18(7-4-2)9-6-8-17-10-12-19(23)13-11-17/h6-7,9-13,20H,3-5,8,14-16H2,1-2H3/b9-6-,18-7+. The summed E-state index contributed by atoms with van der Waals surface area (Å²) in [7, 11) is 0. The van der Waals surface area contributed by atoms with Crippen LogP contribution in [-0.4, -0.2) is 29.5 Å². The van der Waals surface area contributed by atoms with E-state index in [-0.39, 0.29) is 11.9 Å². The van der Waals surface area contributed by atoms with Crippen molar-refractivity contribution in [1.82, 2.24) is 4.90 Å². The number of carbonyl (C=O) groups excluding carboxylic acids is 2. The summed E-state index contributed by atoms with van der Waals surface area (Å²) in [5, 5.41) is 0. The van der Waals surface area contributed by atoms with E-state index in [9.17, 15) is 9.59 Å². The van der Waals surface area contributed by atoms with Crippen LogP contribution in [0.2, 0.25) is 0 Å². The van der Waals surface area contributed by atoms with Gasteiger partial charge in [-0.25, -0.2) is 9.69 Å². The van der Waals surface area contributed by atoms with Gasteiger partial charge in [-0.05, 0) is 49.0 Å². The molecule has 1 unspecified atom stereocenters. The Hall–Kier alpha value is -1.88. The Bertz CT molecular complexity index is 694. The number of allylic oxidation sites excluding steroid dienone is 2. The molecule has 1 aliphatic heterocycles. The number of hydrogen-bond donors (Lipinski definition) is 0. The average Bonchev–Trinajstić information content (AvgIpc) is 3.04. The zero-order valence-corrected chi connectivity index (χ0v) is 17.7. The van der Waals surface area contributed by atoms with E-state index in [1.54, 1.807) is 0 Å². The van der Waals surface area contributed by atoms with Gasteiger partial charge in [0.15, 0.2) is 0 Å². The first-order chi connectivity index (χ1) is 13.1. The number of halogens is 1. The van der Waals surface area contributed by atoms with Crippen LogP contribution >= 0.6 is 15.9 Å². The van der Waals surface area contributed by atoms with Gasteiger partial charge >= 0.3 is 6.09 Å². The minimum absolute atomic E-state index is 0.148. The summed E-state index contributed by atoms with van der Waals surface area (Å²) in [6, 6.07) is 7.97. The molecule has 1 aliphatic rings. The predicted molar refractivity (Wildman–Crippen MR) is 111 cm³/mol. The molecule has 2 amide bonds. The Balaban J connectivity index is 2.07. The van der Waals surface area contributed by atoms with Gasteiger partial charge in [0.25, 0.3) is 0 Å². The summed E-state index contributed by atoms with van der Waals surface area (Å²) in [6.45, 7) is 4.46. The predicted octanol–water partition coefficient (Wildman–Crippen LogP) is 5.81. The van der Waals surface area contributed by atoms with Crippen LogP contribution in [0.1, 0.15) is 51.5 Å². The number of hydrogen-bond acceptors (Lipinski definition) is 3. The molecule has 1 heterocycles. The van der Waals surface area contributed by atoms with Crippen molar-refractivity contribution in [3.63, 3.8) is 0 Å². The normalized spacial score (nSPS) is 17.7. The van der Waals surface area contributed by atoms with Crippen LogP contribution < -0.4 is 0 Å². The van der Waals surface area contributed by atoms with Crippen LogP contribution in [0.25, 0.3) is 0 Å². The quantitative estimate of drug-likeness (QED) is 0.383. The molecule has 27 heavy (non-hydrogen) atoms. The van der Waals surface area contributed by atoms with Gasteiger partial charge in [-0.3, -0.25) is 4.79 Å². The molecular formula is C22H28BrNO3. The number of rotatable bonds is 8. The molecule has 0 bridgehead atoms.